The van der Waals surface area contributed by atoms with Crippen molar-refractivity contribution in [3.05, 3.63) is 84.5 Å². The van der Waals surface area contributed by atoms with Crippen molar-refractivity contribution < 1.29 is 38.6 Å². The first-order valence-corrected chi connectivity index (χ1v) is 21.6. The highest BCUT2D eigenvalue weighted by atomic mass is 16.5. The SMILES string of the molecule is C=CC(=O)N1CC[C@H](C(=O)N(C)C(C(=O)N[C@H]2Cc3cc(O)cc(c3)-c3ccc4nc(-c5cccnc5COC)c(n4c3)CC(C)(C)COC(=O)[C@@H]3CCCN(N3)C2=O)C(C)C)C1. The summed E-state index contributed by atoms with van der Waals surface area (Å²) in [6.07, 6.45) is 6.71. The summed E-state index contributed by atoms with van der Waals surface area (Å²) < 4.78 is 13.5. The van der Waals surface area contributed by atoms with Gasteiger partial charge in [0.15, 0.2) is 0 Å². The first-order chi connectivity index (χ1) is 30.1. The number of carbonyl (C=O) groups is 5. The largest absolute Gasteiger partial charge is 0.508 e. The van der Waals surface area contributed by atoms with Gasteiger partial charge in [-0.3, -0.25) is 34.0 Å². The fraction of sp³-hybridized carbons (Fsp3) is 0.468. The molecule has 3 N–H and O–H groups in total. The molecular formula is C47H58N8O8. The van der Waals surface area contributed by atoms with Crippen LogP contribution in [0.3, 0.4) is 0 Å². The quantitative estimate of drug-likeness (QED) is 0.163. The number of likely N-dealkylation sites (N-methyl/N-ethyl adjacent to an activating group) is 1. The monoisotopic (exact) mass is 862 g/mol. The number of methoxy groups -OCH3 is 1. The normalized spacial score (nSPS) is 20.8. The van der Waals surface area contributed by atoms with Crippen LogP contribution in [-0.2, 0) is 52.9 Å². The van der Waals surface area contributed by atoms with E-state index in [0.29, 0.717) is 49.0 Å². The minimum atomic E-state index is -1.17. The highest BCUT2D eigenvalue weighted by Gasteiger charge is 2.40. The number of hydrazine groups is 1. The summed E-state index contributed by atoms with van der Waals surface area (Å²) in [5.74, 6) is -2.94. The number of hydrogen-bond acceptors (Lipinski definition) is 11. The van der Waals surface area contributed by atoms with Crippen molar-refractivity contribution in [2.75, 3.05) is 40.4 Å². The molecule has 334 valence electrons. The van der Waals surface area contributed by atoms with Gasteiger partial charge in [0, 0.05) is 63.6 Å². The van der Waals surface area contributed by atoms with Gasteiger partial charge in [-0.2, -0.15) is 0 Å². The maximum Gasteiger partial charge on any atom is 0.324 e. The van der Waals surface area contributed by atoms with Gasteiger partial charge in [0.05, 0.1) is 36.2 Å². The van der Waals surface area contributed by atoms with Crippen LogP contribution in [0.5, 0.6) is 5.75 Å². The number of esters is 1. The minimum absolute atomic E-state index is 0.0246. The van der Waals surface area contributed by atoms with Gasteiger partial charge in [0.1, 0.15) is 29.5 Å². The fourth-order valence-electron chi connectivity index (χ4n) is 9.02. The number of carbonyl (C=O) groups excluding carboxylic acids is 5. The molecule has 6 heterocycles. The zero-order valence-electron chi connectivity index (χ0n) is 36.9. The summed E-state index contributed by atoms with van der Waals surface area (Å²) in [5, 5.41) is 15.5. The Kier molecular flexibility index (Phi) is 13.3. The van der Waals surface area contributed by atoms with Crippen LogP contribution in [0.2, 0.25) is 0 Å². The maximum absolute atomic E-state index is 14.6. The molecule has 0 saturated carbocycles. The molecule has 3 aliphatic rings. The Bertz CT molecular complexity index is 2410. The van der Waals surface area contributed by atoms with Crippen molar-refractivity contribution in [3.8, 4) is 28.1 Å². The number of phenolic OH excluding ortho intramolecular Hbond substituents is 1. The third-order valence-corrected chi connectivity index (χ3v) is 12.2. The second-order valence-corrected chi connectivity index (χ2v) is 18.0. The number of ether oxygens (including phenoxy) is 2. The van der Waals surface area contributed by atoms with Crippen LogP contribution < -0.4 is 10.7 Å². The number of pyridine rings is 2. The molecule has 0 aliphatic carbocycles. The van der Waals surface area contributed by atoms with E-state index in [1.165, 1.54) is 16.0 Å². The Labute approximate surface area is 367 Å². The van der Waals surface area contributed by atoms with E-state index in [9.17, 15) is 29.1 Å². The van der Waals surface area contributed by atoms with E-state index < -0.39 is 47.2 Å². The zero-order chi connectivity index (χ0) is 45.2. The van der Waals surface area contributed by atoms with Gasteiger partial charge in [0.25, 0.3) is 5.91 Å². The standard InChI is InChI=1S/C47H58N8O8/c1-8-40(57)53-18-15-31(24-53)44(59)52(6)42(28(2)3)43(58)49-36-21-29-19-32(22-33(56)20-29)30-13-14-39-50-41(34-11-9-16-48-37(34)26-62-7)38(54(39)25-30)23-47(4,5)27-63-46(61)35-12-10-17-55(51-35)45(36)60/h8-9,11,13-14,16,19-20,22,25,28,31,35-36,42,51,56H,1,10,12,15,17-18,21,23-24,26-27H2,2-7H3,(H,49,58)/t31-,35-,36-,42?/m0/s1. The number of aromatic nitrogens is 3. The molecule has 7 rings (SSSR count). The minimum Gasteiger partial charge on any atom is -0.508 e. The van der Waals surface area contributed by atoms with Crippen molar-refractivity contribution in [1.29, 1.82) is 0 Å². The first kappa shape index (κ1) is 44.9. The second kappa shape index (κ2) is 18.7. The number of fused-ring (bicyclic) bond motifs is 6. The lowest BCUT2D eigenvalue weighted by Gasteiger charge is -2.37. The molecule has 3 aliphatic heterocycles. The summed E-state index contributed by atoms with van der Waals surface area (Å²) in [7, 11) is 3.19. The molecule has 63 heavy (non-hydrogen) atoms. The maximum atomic E-state index is 14.6. The number of rotatable bonds is 9. The average molecular weight is 863 g/mol. The topological polar surface area (TPSA) is 188 Å². The Morgan fingerprint density at radius 1 is 1.13 bits per heavy atom. The molecule has 4 amide bonds. The summed E-state index contributed by atoms with van der Waals surface area (Å²) in [5.41, 5.74) is 8.32. The van der Waals surface area contributed by atoms with Gasteiger partial charge in [-0.1, -0.05) is 40.3 Å². The third kappa shape index (κ3) is 9.76. The van der Waals surface area contributed by atoms with Crippen LogP contribution in [0.25, 0.3) is 28.0 Å². The molecular weight excluding hydrogens is 805 g/mol. The van der Waals surface area contributed by atoms with Gasteiger partial charge in [-0.05, 0) is 90.8 Å². The summed E-state index contributed by atoms with van der Waals surface area (Å²) >= 11 is 0. The van der Waals surface area contributed by atoms with Crippen LogP contribution in [0, 0.1) is 17.3 Å². The molecule has 4 aromatic rings. The molecule has 3 aromatic heterocycles. The number of hydrogen-bond donors (Lipinski definition) is 3. The molecule has 1 unspecified atom stereocenters. The van der Waals surface area contributed by atoms with Crippen LogP contribution in [-0.4, -0.2) is 122 Å². The van der Waals surface area contributed by atoms with E-state index in [1.54, 1.807) is 37.4 Å². The van der Waals surface area contributed by atoms with Gasteiger partial charge < -0.3 is 34.1 Å². The zero-order valence-corrected chi connectivity index (χ0v) is 36.9. The van der Waals surface area contributed by atoms with E-state index in [1.807, 2.05) is 68.6 Å². The van der Waals surface area contributed by atoms with E-state index in [2.05, 4.69) is 22.3 Å². The van der Waals surface area contributed by atoms with E-state index in [0.717, 1.165) is 28.2 Å². The number of nitrogens with zero attached hydrogens (tertiary/aromatic N) is 6. The number of benzene rings is 1. The highest BCUT2D eigenvalue weighted by molar-refractivity contribution is 5.94. The fourth-order valence-corrected chi connectivity index (χ4v) is 9.02. The van der Waals surface area contributed by atoms with Crippen molar-refractivity contribution in [2.45, 2.75) is 84.5 Å². The van der Waals surface area contributed by atoms with Crippen LogP contribution in [0.15, 0.2) is 67.5 Å². The molecule has 1 aromatic carbocycles. The van der Waals surface area contributed by atoms with E-state index in [-0.39, 0.29) is 56.2 Å². The average Bonchev–Trinajstić information content (AvgIpc) is 3.89. The molecule has 16 heteroatoms. The van der Waals surface area contributed by atoms with Gasteiger partial charge in [0.2, 0.25) is 17.7 Å². The number of amides is 4. The number of nitrogens with one attached hydrogen (secondary N) is 2. The Morgan fingerprint density at radius 2 is 1.92 bits per heavy atom. The van der Waals surface area contributed by atoms with Gasteiger partial charge in [-0.25, -0.2) is 10.4 Å². The van der Waals surface area contributed by atoms with Crippen molar-refractivity contribution in [1.82, 2.24) is 39.9 Å². The van der Waals surface area contributed by atoms with Crippen LogP contribution >= 0.6 is 0 Å². The number of phenols is 1. The first-order valence-electron chi connectivity index (χ1n) is 21.6. The Balaban J connectivity index is 1.27. The number of imidazole rings is 1. The molecule has 6 bridgehead atoms. The number of aromatic hydroxyl groups is 1. The van der Waals surface area contributed by atoms with Crippen LogP contribution in [0.4, 0.5) is 0 Å². The number of cyclic esters (lactones) is 1. The number of likely N-dealkylation sites (tertiary alicyclic amines) is 1. The predicted octanol–water partition coefficient (Wildman–Crippen LogP) is 4.08. The molecule has 2 fully saturated rings. The molecule has 4 atom stereocenters. The van der Waals surface area contributed by atoms with Crippen molar-refractivity contribution >= 4 is 35.2 Å². The van der Waals surface area contributed by atoms with Crippen molar-refractivity contribution in [3.63, 3.8) is 0 Å². The Morgan fingerprint density at radius 3 is 2.67 bits per heavy atom. The van der Waals surface area contributed by atoms with E-state index in [4.69, 9.17) is 14.5 Å². The van der Waals surface area contributed by atoms with E-state index >= 15 is 0 Å². The second-order valence-electron chi connectivity index (χ2n) is 18.0. The molecule has 0 spiro atoms. The summed E-state index contributed by atoms with van der Waals surface area (Å²) in [6, 6.07) is 9.78. The third-order valence-electron chi connectivity index (χ3n) is 12.2. The lowest BCUT2D eigenvalue weighted by Crippen LogP contribution is -2.62. The van der Waals surface area contributed by atoms with Gasteiger partial charge >= 0.3 is 5.97 Å². The molecule has 2 saturated heterocycles. The lowest BCUT2D eigenvalue weighted by molar-refractivity contribution is -0.155. The Hall–Kier alpha value is -6.13. The summed E-state index contributed by atoms with van der Waals surface area (Å²) in [4.78, 5) is 81.6. The lowest BCUT2D eigenvalue weighted by atomic mass is 9.87. The van der Waals surface area contributed by atoms with Gasteiger partial charge in [-0.15, -0.1) is 0 Å². The van der Waals surface area contributed by atoms with Crippen LogP contribution in [0.1, 0.15) is 63.9 Å². The molecule has 0 radical (unpaired) electrons. The highest BCUT2D eigenvalue weighted by Crippen LogP contribution is 2.35. The van der Waals surface area contributed by atoms with Crippen molar-refractivity contribution in [2.24, 2.45) is 17.3 Å². The summed E-state index contributed by atoms with van der Waals surface area (Å²) in [6.45, 7) is 12.5. The smallest absolute Gasteiger partial charge is 0.324 e. The molecule has 16 nitrogen and oxygen atoms in total. The predicted molar refractivity (Wildman–Crippen MR) is 234 cm³/mol.